The average Bonchev–Trinajstić information content (AvgIpc) is 2.64. The van der Waals surface area contributed by atoms with Gasteiger partial charge in [-0.2, -0.15) is 5.10 Å². The molecule has 1 aromatic heterocycles. The zero-order chi connectivity index (χ0) is 12.0. The Labute approximate surface area is 110 Å². The standard InChI is InChI=1S/C11H18BrClN2O/c1-3-9(12)4-5-11-10(13)8-14-15(11)6-7-16-2/h8-9H,3-7H2,1-2H3. The van der Waals surface area contributed by atoms with E-state index in [9.17, 15) is 0 Å². The Balaban J connectivity index is 2.58. The summed E-state index contributed by atoms with van der Waals surface area (Å²) < 4.78 is 6.98. The van der Waals surface area contributed by atoms with Gasteiger partial charge in [-0.15, -0.1) is 0 Å². The smallest absolute Gasteiger partial charge is 0.0817 e. The SMILES string of the molecule is CCC(Br)CCc1c(Cl)cnn1CCOC. The van der Waals surface area contributed by atoms with Crippen LogP contribution in [0.25, 0.3) is 0 Å². The first-order chi connectivity index (χ1) is 7.69. The van der Waals surface area contributed by atoms with Crippen LogP contribution < -0.4 is 0 Å². The number of rotatable bonds is 7. The van der Waals surface area contributed by atoms with Gasteiger partial charge in [0.2, 0.25) is 0 Å². The van der Waals surface area contributed by atoms with Crippen LogP contribution in [0, 0.1) is 0 Å². The number of hydrogen-bond acceptors (Lipinski definition) is 2. The van der Waals surface area contributed by atoms with E-state index in [4.69, 9.17) is 16.3 Å². The second-order valence-electron chi connectivity index (χ2n) is 3.70. The molecule has 0 spiro atoms. The third-order valence-electron chi connectivity index (χ3n) is 2.54. The molecule has 1 rings (SSSR count). The third kappa shape index (κ3) is 4.07. The van der Waals surface area contributed by atoms with Crippen LogP contribution in [-0.4, -0.2) is 28.3 Å². The van der Waals surface area contributed by atoms with Crippen molar-refractivity contribution in [2.75, 3.05) is 13.7 Å². The summed E-state index contributed by atoms with van der Waals surface area (Å²) in [6.45, 7) is 3.59. The van der Waals surface area contributed by atoms with Gasteiger partial charge in [-0.3, -0.25) is 4.68 Å². The Kier molecular flexibility index (Phi) is 6.39. The fourth-order valence-corrected chi connectivity index (χ4v) is 1.97. The molecule has 0 aromatic carbocycles. The monoisotopic (exact) mass is 308 g/mol. The maximum absolute atomic E-state index is 6.11. The summed E-state index contributed by atoms with van der Waals surface area (Å²) in [5.41, 5.74) is 1.11. The van der Waals surface area contributed by atoms with Crippen molar-refractivity contribution in [3.63, 3.8) is 0 Å². The highest BCUT2D eigenvalue weighted by Gasteiger charge is 2.10. The number of ether oxygens (including phenoxy) is 1. The number of aromatic nitrogens is 2. The van der Waals surface area contributed by atoms with Crippen LogP contribution in [0.4, 0.5) is 0 Å². The summed E-state index contributed by atoms with van der Waals surface area (Å²) in [7, 11) is 1.69. The van der Waals surface area contributed by atoms with Gasteiger partial charge < -0.3 is 4.74 Å². The lowest BCUT2D eigenvalue weighted by atomic mass is 10.1. The minimum Gasteiger partial charge on any atom is -0.383 e. The van der Waals surface area contributed by atoms with E-state index >= 15 is 0 Å². The second kappa shape index (κ2) is 7.30. The van der Waals surface area contributed by atoms with Crippen molar-refractivity contribution in [2.45, 2.75) is 37.6 Å². The molecule has 92 valence electrons. The van der Waals surface area contributed by atoms with E-state index in [1.165, 1.54) is 0 Å². The topological polar surface area (TPSA) is 27.1 Å². The molecule has 1 aromatic rings. The number of methoxy groups -OCH3 is 1. The number of alkyl halides is 1. The number of halogens is 2. The Morgan fingerprint density at radius 1 is 1.62 bits per heavy atom. The van der Waals surface area contributed by atoms with Gasteiger partial charge >= 0.3 is 0 Å². The van der Waals surface area contributed by atoms with Crippen LogP contribution in [0.5, 0.6) is 0 Å². The highest BCUT2D eigenvalue weighted by atomic mass is 79.9. The highest BCUT2D eigenvalue weighted by molar-refractivity contribution is 9.09. The average molecular weight is 310 g/mol. The maximum Gasteiger partial charge on any atom is 0.0817 e. The molecule has 0 saturated carbocycles. The van der Waals surface area contributed by atoms with Crippen molar-refractivity contribution >= 4 is 27.5 Å². The molecule has 0 bridgehead atoms. The van der Waals surface area contributed by atoms with E-state index in [1.807, 2.05) is 4.68 Å². The van der Waals surface area contributed by atoms with Gasteiger partial charge in [0.05, 0.1) is 30.1 Å². The van der Waals surface area contributed by atoms with E-state index in [1.54, 1.807) is 13.3 Å². The van der Waals surface area contributed by atoms with Crippen molar-refractivity contribution in [1.29, 1.82) is 0 Å². The lowest BCUT2D eigenvalue weighted by molar-refractivity contribution is 0.182. The predicted octanol–water partition coefficient (Wildman–Crippen LogP) is 3.29. The highest BCUT2D eigenvalue weighted by Crippen LogP contribution is 2.20. The minimum absolute atomic E-state index is 0.550. The van der Waals surface area contributed by atoms with E-state index in [0.717, 1.165) is 36.5 Å². The normalized spacial score (nSPS) is 13.0. The summed E-state index contributed by atoms with van der Waals surface area (Å²) in [6, 6.07) is 0. The molecule has 16 heavy (non-hydrogen) atoms. The molecule has 0 aliphatic rings. The van der Waals surface area contributed by atoms with Crippen LogP contribution >= 0.6 is 27.5 Å². The molecule has 0 amide bonds. The van der Waals surface area contributed by atoms with Gasteiger partial charge in [-0.05, 0) is 19.3 Å². The van der Waals surface area contributed by atoms with Crippen LogP contribution in [0.15, 0.2) is 6.20 Å². The Hall–Kier alpha value is -0.0600. The predicted molar refractivity (Wildman–Crippen MR) is 70.4 cm³/mol. The molecular weight excluding hydrogens is 291 g/mol. The molecule has 0 aliphatic carbocycles. The lowest BCUT2D eigenvalue weighted by Crippen LogP contribution is -2.11. The zero-order valence-electron chi connectivity index (χ0n) is 9.75. The van der Waals surface area contributed by atoms with E-state index in [0.29, 0.717) is 11.4 Å². The molecule has 0 aliphatic heterocycles. The van der Waals surface area contributed by atoms with Crippen molar-refractivity contribution in [3.05, 3.63) is 16.9 Å². The van der Waals surface area contributed by atoms with Gasteiger partial charge in [0.25, 0.3) is 0 Å². The van der Waals surface area contributed by atoms with Crippen LogP contribution in [0.2, 0.25) is 5.02 Å². The molecular formula is C11H18BrClN2O. The van der Waals surface area contributed by atoms with E-state index in [-0.39, 0.29) is 0 Å². The van der Waals surface area contributed by atoms with Gasteiger partial charge in [0.1, 0.15) is 0 Å². The molecule has 0 fully saturated rings. The van der Waals surface area contributed by atoms with Gasteiger partial charge in [0, 0.05) is 11.9 Å². The summed E-state index contributed by atoms with van der Waals surface area (Å²) in [4.78, 5) is 0.550. The summed E-state index contributed by atoms with van der Waals surface area (Å²) >= 11 is 9.74. The minimum atomic E-state index is 0.550. The van der Waals surface area contributed by atoms with Crippen molar-refractivity contribution in [3.8, 4) is 0 Å². The summed E-state index contributed by atoms with van der Waals surface area (Å²) in [6.07, 6.45) is 4.87. The molecule has 3 nitrogen and oxygen atoms in total. The molecule has 0 radical (unpaired) electrons. The number of nitrogens with zero attached hydrogens (tertiary/aromatic N) is 2. The van der Waals surface area contributed by atoms with E-state index < -0.39 is 0 Å². The van der Waals surface area contributed by atoms with Gasteiger partial charge in [-0.25, -0.2) is 0 Å². The summed E-state index contributed by atoms with van der Waals surface area (Å²) in [5, 5.41) is 5.00. The molecule has 5 heteroatoms. The lowest BCUT2D eigenvalue weighted by Gasteiger charge is -2.09. The Morgan fingerprint density at radius 2 is 2.38 bits per heavy atom. The molecule has 1 unspecified atom stereocenters. The Morgan fingerprint density at radius 3 is 3.00 bits per heavy atom. The third-order valence-corrected chi connectivity index (χ3v) is 3.96. The zero-order valence-corrected chi connectivity index (χ0v) is 12.1. The first-order valence-electron chi connectivity index (χ1n) is 5.52. The first kappa shape index (κ1) is 14.0. The summed E-state index contributed by atoms with van der Waals surface area (Å²) in [5.74, 6) is 0. The number of hydrogen-bond donors (Lipinski definition) is 0. The van der Waals surface area contributed by atoms with Gasteiger partial charge in [0.15, 0.2) is 0 Å². The van der Waals surface area contributed by atoms with Crippen molar-refractivity contribution < 1.29 is 4.74 Å². The van der Waals surface area contributed by atoms with Crippen LogP contribution in [-0.2, 0) is 17.7 Å². The molecule has 0 saturated heterocycles. The largest absolute Gasteiger partial charge is 0.383 e. The Bertz CT molecular complexity index is 317. The van der Waals surface area contributed by atoms with Gasteiger partial charge in [-0.1, -0.05) is 34.5 Å². The van der Waals surface area contributed by atoms with Crippen LogP contribution in [0.3, 0.4) is 0 Å². The molecule has 1 atom stereocenters. The van der Waals surface area contributed by atoms with Crippen molar-refractivity contribution in [2.24, 2.45) is 0 Å². The fourth-order valence-electron chi connectivity index (χ4n) is 1.50. The molecule has 1 heterocycles. The fraction of sp³-hybridized carbons (Fsp3) is 0.727. The molecule has 0 N–H and O–H groups in total. The van der Waals surface area contributed by atoms with Crippen LogP contribution in [0.1, 0.15) is 25.5 Å². The first-order valence-corrected chi connectivity index (χ1v) is 6.81. The quantitative estimate of drug-likeness (QED) is 0.723. The second-order valence-corrected chi connectivity index (χ2v) is 5.40. The van der Waals surface area contributed by atoms with E-state index in [2.05, 4.69) is 28.0 Å². The van der Waals surface area contributed by atoms with Crippen molar-refractivity contribution in [1.82, 2.24) is 9.78 Å². The maximum atomic E-state index is 6.11.